The summed E-state index contributed by atoms with van der Waals surface area (Å²) in [5, 5.41) is 0. The molecule has 5 aromatic rings. The van der Waals surface area contributed by atoms with Gasteiger partial charge in [0.1, 0.15) is 47.1 Å². The molecule has 5 aromatic carbocycles. The van der Waals surface area contributed by atoms with Crippen LogP contribution < -0.4 is 23.7 Å². The van der Waals surface area contributed by atoms with Crippen LogP contribution in [0.2, 0.25) is 0 Å². The summed E-state index contributed by atoms with van der Waals surface area (Å²) in [6.45, 7) is 51.8. The van der Waals surface area contributed by atoms with Crippen molar-refractivity contribution in [1.82, 2.24) is 0 Å². The van der Waals surface area contributed by atoms with Crippen LogP contribution in [0, 0.1) is 27.1 Å². The van der Waals surface area contributed by atoms with Gasteiger partial charge in [0.25, 0.3) is 0 Å². The Kier molecular flexibility index (Phi) is 28.8. The van der Waals surface area contributed by atoms with E-state index >= 15 is 0 Å². The summed E-state index contributed by atoms with van der Waals surface area (Å²) in [6, 6.07) is 41.0. The molecule has 0 radical (unpaired) electrons. The number of hydrogen-bond donors (Lipinski definition) is 0. The lowest BCUT2D eigenvalue weighted by molar-refractivity contribution is 0.254. The van der Waals surface area contributed by atoms with Crippen LogP contribution >= 0.6 is 0 Å². The van der Waals surface area contributed by atoms with E-state index < -0.39 is 0 Å². The van der Waals surface area contributed by atoms with E-state index in [-0.39, 0.29) is 0 Å². The third-order valence-electron chi connectivity index (χ3n) is 8.63. The van der Waals surface area contributed by atoms with Crippen molar-refractivity contribution in [3.8, 4) is 28.7 Å². The van der Waals surface area contributed by atoms with Gasteiger partial charge >= 0.3 is 0 Å². The van der Waals surface area contributed by atoms with Gasteiger partial charge in [-0.1, -0.05) is 229 Å². The predicted octanol–water partition coefficient (Wildman–Crippen LogP) is 19.5. The van der Waals surface area contributed by atoms with Crippen molar-refractivity contribution in [2.45, 2.75) is 210 Å². The molecule has 10 rings (SSSR count). The Morgan fingerprint density at radius 3 is 0.644 bits per heavy atom. The molecule has 5 nitrogen and oxygen atoms in total. The highest BCUT2D eigenvalue weighted by Gasteiger charge is 2.19. The lowest BCUT2D eigenvalue weighted by Gasteiger charge is -2.05. The minimum Gasteiger partial charge on any atom is -0.493 e. The quantitative estimate of drug-likeness (QED) is 0.155. The molecule has 0 bridgehead atoms. The third kappa shape index (κ3) is 38.4. The second kappa shape index (κ2) is 31.7. The normalized spacial score (nSPS) is 16.7. The van der Waals surface area contributed by atoms with E-state index in [4.69, 9.17) is 23.7 Å². The number of para-hydroxylation sites is 5. The van der Waals surface area contributed by atoms with Gasteiger partial charge in [-0.15, -0.1) is 0 Å². The molecule has 0 aromatic heterocycles. The summed E-state index contributed by atoms with van der Waals surface area (Å²) in [6.07, 6.45) is 6.47. The van der Waals surface area contributed by atoms with E-state index in [1.165, 1.54) is 27.8 Å². The molecule has 5 heteroatoms. The summed E-state index contributed by atoms with van der Waals surface area (Å²) >= 11 is 0. The third-order valence-corrected chi connectivity index (χ3v) is 8.63. The maximum Gasteiger partial charge on any atom is 0.123 e. The summed E-state index contributed by atoms with van der Waals surface area (Å²) in [7, 11) is 0. The Labute approximate surface area is 449 Å². The molecule has 0 amide bonds. The van der Waals surface area contributed by atoms with Crippen LogP contribution in [-0.4, -0.2) is 31.5 Å². The fraction of sp³-hybridized carbons (Fsp3) is 0.559. The first kappa shape index (κ1) is 66.1. The van der Waals surface area contributed by atoms with E-state index in [9.17, 15) is 0 Å². The molecular weight excluding hydrogens is 897 g/mol. The van der Waals surface area contributed by atoms with Crippen LogP contribution in [0.15, 0.2) is 121 Å². The minimum absolute atomic E-state index is 0.373. The summed E-state index contributed by atoms with van der Waals surface area (Å²) in [5.74, 6) is 5.33. The van der Waals surface area contributed by atoms with Gasteiger partial charge in [0, 0.05) is 32.1 Å². The number of ether oxygens (including phenoxy) is 5. The maximum atomic E-state index is 5.51. The number of hydrogen-bond acceptors (Lipinski definition) is 5. The molecule has 5 heterocycles. The van der Waals surface area contributed by atoms with Crippen LogP contribution in [-0.2, 0) is 32.1 Å². The zero-order chi connectivity index (χ0) is 55.6. The van der Waals surface area contributed by atoms with Crippen LogP contribution in [0.5, 0.6) is 28.7 Å². The van der Waals surface area contributed by atoms with Gasteiger partial charge in [0.2, 0.25) is 0 Å². The Balaban J connectivity index is 0.000000413. The number of rotatable bonds is 0. The van der Waals surface area contributed by atoms with Gasteiger partial charge < -0.3 is 23.7 Å². The highest BCUT2D eigenvalue weighted by molar-refractivity contribution is 5.39. The first-order chi connectivity index (χ1) is 33.5. The molecule has 5 aliphatic heterocycles. The highest BCUT2D eigenvalue weighted by Crippen LogP contribution is 2.30. The van der Waals surface area contributed by atoms with Gasteiger partial charge in [-0.25, -0.2) is 0 Å². The molecule has 0 N–H and O–H groups in total. The average Bonchev–Trinajstić information content (AvgIpc) is 4.08. The van der Waals surface area contributed by atoms with E-state index in [1.807, 2.05) is 72.8 Å². The van der Waals surface area contributed by atoms with Gasteiger partial charge in [-0.3, -0.25) is 0 Å². The maximum absolute atomic E-state index is 5.51. The highest BCUT2D eigenvalue weighted by atomic mass is 16.5. The second-order valence-electron chi connectivity index (χ2n) is 27.6. The largest absolute Gasteiger partial charge is 0.493 e. The Morgan fingerprint density at radius 2 is 0.452 bits per heavy atom. The number of benzene rings is 5. The van der Waals surface area contributed by atoms with Gasteiger partial charge in [0.15, 0.2) is 0 Å². The fourth-order valence-corrected chi connectivity index (χ4v) is 6.31. The molecule has 0 saturated carbocycles. The molecule has 3 atom stereocenters. The van der Waals surface area contributed by atoms with Gasteiger partial charge in [-0.2, -0.15) is 0 Å². The Hall–Kier alpha value is -4.90. The van der Waals surface area contributed by atoms with Gasteiger partial charge in [0.05, 0.1) is 13.2 Å². The monoisotopic (exact) mass is 1000 g/mol. The zero-order valence-electron chi connectivity index (χ0n) is 50.8. The van der Waals surface area contributed by atoms with Crippen molar-refractivity contribution in [2.24, 2.45) is 27.1 Å². The Bertz CT molecular complexity index is 1840. The standard InChI is InChI=1S/3C9H10O.2C8H8O.5C5H12/c3*1-7-6-8-4-2-3-5-9(8)10-7;2*1-2-4-8-7(3-1)5-6-9-8;5*1-5(2,3)4/h3*2-5,7H,6H2,1H3;2*1-4H,5-6H2;5*1-4H3/t2*7-;;;;;;;;/m10......../s1. The van der Waals surface area contributed by atoms with Crippen molar-refractivity contribution < 1.29 is 23.7 Å². The predicted molar refractivity (Wildman–Crippen MR) is 318 cm³/mol. The lowest BCUT2D eigenvalue weighted by atomic mass is 10.0. The Morgan fingerprint density at radius 1 is 0.274 bits per heavy atom. The zero-order valence-corrected chi connectivity index (χ0v) is 50.8. The minimum atomic E-state index is 0.373. The first-order valence-electron chi connectivity index (χ1n) is 27.2. The summed E-state index contributed by atoms with van der Waals surface area (Å²) < 4.78 is 27.1. The molecule has 1 unspecified atom stereocenters. The average molecular weight is 1000 g/mol. The molecule has 5 aliphatic rings. The van der Waals surface area contributed by atoms with E-state index in [2.05, 4.69) is 208 Å². The molecule has 0 aliphatic carbocycles. The molecule has 0 saturated heterocycles. The SMILES string of the molecule is CC(C)(C)C.CC(C)(C)C.CC(C)(C)C.CC(C)(C)C.CC(C)(C)C.CC1Cc2ccccc2O1.C[C@@H]1Cc2ccccc2O1.C[C@H]1Cc2ccccc2O1.c1ccc2c(c1)CCO2.c1ccc2c(c1)CCO2. The van der Waals surface area contributed by atoms with Crippen molar-refractivity contribution in [3.05, 3.63) is 149 Å². The first-order valence-corrected chi connectivity index (χ1v) is 27.2. The van der Waals surface area contributed by atoms with E-state index in [0.717, 1.165) is 74.1 Å². The number of fused-ring (bicyclic) bond motifs is 5. The van der Waals surface area contributed by atoms with Crippen molar-refractivity contribution in [2.75, 3.05) is 13.2 Å². The topological polar surface area (TPSA) is 46.2 Å². The van der Waals surface area contributed by atoms with Gasteiger partial charge in [-0.05, 0) is 106 Å². The smallest absolute Gasteiger partial charge is 0.123 e. The van der Waals surface area contributed by atoms with Crippen molar-refractivity contribution >= 4 is 0 Å². The van der Waals surface area contributed by atoms with Crippen LogP contribution in [0.4, 0.5) is 0 Å². The van der Waals surface area contributed by atoms with Crippen molar-refractivity contribution in [3.63, 3.8) is 0 Å². The molecule has 73 heavy (non-hydrogen) atoms. The summed E-state index contributed by atoms with van der Waals surface area (Å²) in [4.78, 5) is 0. The molecule has 408 valence electrons. The summed E-state index contributed by atoms with van der Waals surface area (Å²) in [5.41, 5.74) is 9.22. The van der Waals surface area contributed by atoms with E-state index in [1.54, 1.807) is 0 Å². The van der Waals surface area contributed by atoms with Crippen molar-refractivity contribution in [1.29, 1.82) is 0 Å². The van der Waals surface area contributed by atoms with E-state index in [0.29, 0.717) is 45.4 Å². The molecule has 0 spiro atoms. The molecule has 0 fully saturated rings. The molecular formula is C68H106O5. The lowest BCUT2D eigenvalue weighted by Crippen LogP contribution is -2.05. The van der Waals surface area contributed by atoms with Crippen LogP contribution in [0.1, 0.15) is 187 Å². The van der Waals surface area contributed by atoms with Crippen LogP contribution in [0.25, 0.3) is 0 Å². The fourth-order valence-electron chi connectivity index (χ4n) is 6.31. The second-order valence-corrected chi connectivity index (χ2v) is 27.6. The van der Waals surface area contributed by atoms with Crippen LogP contribution in [0.3, 0.4) is 0 Å².